The van der Waals surface area contributed by atoms with Crippen molar-refractivity contribution in [3.05, 3.63) is 88.8 Å². The molecule has 1 aliphatic heterocycles. The van der Waals surface area contributed by atoms with Crippen LogP contribution in [0.5, 0.6) is 0 Å². The Morgan fingerprint density at radius 1 is 0.939 bits per heavy atom. The van der Waals surface area contributed by atoms with Gasteiger partial charge in [0.15, 0.2) is 0 Å². The summed E-state index contributed by atoms with van der Waals surface area (Å²) in [6, 6.07) is 20.2. The zero-order chi connectivity index (χ0) is 23.2. The van der Waals surface area contributed by atoms with Crippen molar-refractivity contribution in [2.24, 2.45) is 0 Å². The highest BCUT2D eigenvalue weighted by atomic mass is 16.5. The van der Waals surface area contributed by atoms with Crippen molar-refractivity contribution in [1.82, 2.24) is 19.4 Å². The maximum atomic E-state index is 12.3. The van der Waals surface area contributed by atoms with Crippen molar-refractivity contribution in [2.45, 2.75) is 6.54 Å². The average molecular weight is 448 g/mol. The molecule has 4 rings (SSSR count). The van der Waals surface area contributed by atoms with Crippen LogP contribution in [-0.4, -0.2) is 70.3 Å². The number of rotatable bonds is 7. The largest absolute Gasteiger partial charge is 0.356 e. The molecule has 2 N–H and O–H groups in total. The van der Waals surface area contributed by atoms with Gasteiger partial charge < -0.3 is 10.2 Å². The lowest BCUT2D eigenvalue weighted by Crippen LogP contribution is -2.48. The number of pyridine rings is 1. The third kappa shape index (κ3) is 6.07. The number of hydroxylamine groups is 2. The van der Waals surface area contributed by atoms with Crippen LogP contribution in [-0.2, 0) is 11.3 Å². The molecule has 0 atom stereocenters. The molecule has 33 heavy (non-hydrogen) atoms. The van der Waals surface area contributed by atoms with Crippen LogP contribution < -0.4 is 10.9 Å². The third-order valence-electron chi connectivity index (χ3n) is 5.79. The van der Waals surface area contributed by atoms with Gasteiger partial charge in [-0.25, -0.2) is 5.06 Å². The minimum Gasteiger partial charge on any atom is -0.356 e. The number of hydrogen-bond acceptors (Lipinski definition) is 6. The second kappa shape index (κ2) is 10.4. The summed E-state index contributed by atoms with van der Waals surface area (Å²) in [5.41, 5.74) is 3.34. The first kappa shape index (κ1) is 22.7. The zero-order valence-corrected chi connectivity index (χ0v) is 18.7. The van der Waals surface area contributed by atoms with Gasteiger partial charge in [-0.2, -0.15) is 0 Å². The van der Waals surface area contributed by atoms with Crippen LogP contribution >= 0.6 is 0 Å². The second-order valence-electron chi connectivity index (χ2n) is 8.31. The van der Waals surface area contributed by atoms with Crippen molar-refractivity contribution in [3.63, 3.8) is 0 Å². The van der Waals surface area contributed by atoms with E-state index in [-0.39, 0.29) is 24.6 Å². The van der Waals surface area contributed by atoms with E-state index in [1.54, 1.807) is 16.8 Å². The predicted octanol–water partition coefficient (Wildman–Crippen LogP) is 2.55. The number of benzene rings is 2. The van der Waals surface area contributed by atoms with Crippen LogP contribution in [0.15, 0.2) is 77.7 Å². The molecule has 0 unspecified atom stereocenters. The maximum Gasteiger partial charge on any atom is 0.260 e. The van der Waals surface area contributed by atoms with E-state index >= 15 is 0 Å². The van der Waals surface area contributed by atoms with Gasteiger partial charge in [0.25, 0.3) is 11.5 Å². The van der Waals surface area contributed by atoms with Gasteiger partial charge in [0.1, 0.15) is 0 Å². The Hall–Kier alpha value is -3.46. The van der Waals surface area contributed by atoms with Gasteiger partial charge >= 0.3 is 0 Å². The van der Waals surface area contributed by atoms with Gasteiger partial charge in [0.05, 0.1) is 13.1 Å². The lowest BCUT2D eigenvalue weighted by Gasteiger charge is -2.32. The standard InChI is InChI=1S/C25H29N5O3/c1-27-14-16-28(17-15-27)19-25(32)30(33)18-20-5-7-21(8-6-20)26-22-9-11-23(12-10-22)29-13-3-2-4-24(29)31/h2-13,26,33H,14-19H2,1H3. The van der Waals surface area contributed by atoms with Gasteiger partial charge in [0.2, 0.25) is 0 Å². The van der Waals surface area contributed by atoms with Gasteiger partial charge in [0, 0.05) is 55.5 Å². The number of amides is 1. The topological polar surface area (TPSA) is 81.0 Å². The molecule has 8 nitrogen and oxygen atoms in total. The molecule has 2 aromatic carbocycles. The fourth-order valence-corrected chi connectivity index (χ4v) is 3.75. The molecule has 0 aliphatic carbocycles. The van der Waals surface area contributed by atoms with Crippen LogP contribution in [0.4, 0.5) is 11.4 Å². The summed E-state index contributed by atoms with van der Waals surface area (Å²) >= 11 is 0. The van der Waals surface area contributed by atoms with Gasteiger partial charge in [-0.3, -0.25) is 24.3 Å². The number of carbonyl (C=O) groups excluding carboxylic acids is 1. The monoisotopic (exact) mass is 447 g/mol. The Morgan fingerprint density at radius 3 is 2.21 bits per heavy atom. The molecule has 1 aromatic heterocycles. The highest BCUT2D eigenvalue weighted by Gasteiger charge is 2.19. The molecule has 172 valence electrons. The number of aromatic nitrogens is 1. The fraction of sp³-hybridized carbons (Fsp3) is 0.280. The molecular weight excluding hydrogens is 418 g/mol. The number of anilines is 2. The lowest BCUT2D eigenvalue weighted by atomic mass is 10.2. The first-order valence-corrected chi connectivity index (χ1v) is 11.0. The Morgan fingerprint density at radius 2 is 1.58 bits per heavy atom. The van der Waals surface area contributed by atoms with E-state index in [9.17, 15) is 14.8 Å². The van der Waals surface area contributed by atoms with Gasteiger partial charge in [-0.1, -0.05) is 18.2 Å². The van der Waals surface area contributed by atoms with Crippen molar-refractivity contribution in [2.75, 3.05) is 45.1 Å². The van der Waals surface area contributed by atoms with Crippen LogP contribution in [0.2, 0.25) is 0 Å². The van der Waals surface area contributed by atoms with Crippen molar-refractivity contribution >= 4 is 17.3 Å². The van der Waals surface area contributed by atoms with E-state index in [2.05, 4.69) is 22.2 Å². The molecule has 0 radical (unpaired) electrons. The van der Waals surface area contributed by atoms with Crippen molar-refractivity contribution < 1.29 is 10.0 Å². The number of likely N-dealkylation sites (N-methyl/N-ethyl adjacent to an activating group) is 1. The molecule has 1 amide bonds. The minimum atomic E-state index is -0.292. The number of hydrogen-bond donors (Lipinski definition) is 2. The molecule has 1 fully saturated rings. The smallest absolute Gasteiger partial charge is 0.260 e. The van der Waals surface area contributed by atoms with E-state index in [4.69, 9.17) is 0 Å². The number of nitrogens with one attached hydrogen (secondary N) is 1. The minimum absolute atomic E-state index is 0.0752. The molecule has 0 bridgehead atoms. The first-order chi connectivity index (χ1) is 16.0. The molecule has 0 spiro atoms. The summed E-state index contributed by atoms with van der Waals surface area (Å²) in [7, 11) is 2.07. The first-order valence-electron chi connectivity index (χ1n) is 11.0. The zero-order valence-electron chi connectivity index (χ0n) is 18.7. The second-order valence-corrected chi connectivity index (χ2v) is 8.31. The average Bonchev–Trinajstić information content (AvgIpc) is 2.83. The number of piperazine rings is 1. The molecule has 0 saturated carbocycles. The summed E-state index contributed by atoms with van der Waals surface area (Å²) in [6.45, 7) is 3.91. The molecule has 1 saturated heterocycles. The highest BCUT2D eigenvalue weighted by Crippen LogP contribution is 2.19. The van der Waals surface area contributed by atoms with Crippen molar-refractivity contribution in [3.8, 4) is 5.69 Å². The quantitative estimate of drug-likeness (QED) is 0.428. The van der Waals surface area contributed by atoms with Crippen LogP contribution in [0, 0.1) is 0 Å². The Balaban J connectivity index is 1.30. The van der Waals surface area contributed by atoms with Crippen LogP contribution in [0.3, 0.4) is 0 Å². The van der Waals surface area contributed by atoms with Gasteiger partial charge in [-0.15, -0.1) is 0 Å². The third-order valence-corrected chi connectivity index (χ3v) is 5.79. The fourth-order valence-electron chi connectivity index (χ4n) is 3.75. The van der Waals surface area contributed by atoms with Gasteiger partial charge in [-0.05, 0) is 55.1 Å². The molecule has 1 aliphatic rings. The lowest BCUT2D eigenvalue weighted by molar-refractivity contribution is -0.169. The normalized spacial score (nSPS) is 14.7. The summed E-state index contributed by atoms with van der Waals surface area (Å²) in [4.78, 5) is 28.6. The van der Waals surface area contributed by atoms with E-state index in [0.717, 1.165) is 53.9 Å². The molecule has 2 heterocycles. The van der Waals surface area contributed by atoms with Crippen LogP contribution in [0.25, 0.3) is 5.69 Å². The Labute approximate surface area is 193 Å². The molecule has 3 aromatic rings. The predicted molar refractivity (Wildman–Crippen MR) is 128 cm³/mol. The molecular formula is C25H29N5O3. The summed E-state index contributed by atoms with van der Waals surface area (Å²) < 4.78 is 1.59. The maximum absolute atomic E-state index is 12.3. The SMILES string of the molecule is CN1CCN(CC(=O)N(O)Cc2ccc(Nc3ccc(-n4ccccc4=O)cc3)cc2)CC1. The van der Waals surface area contributed by atoms with E-state index in [0.29, 0.717) is 0 Å². The Bertz CT molecular complexity index is 1120. The van der Waals surface area contributed by atoms with Crippen LogP contribution in [0.1, 0.15) is 5.56 Å². The van der Waals surface area contributed by atoms with E-state index < -0.39 is 0 Å². The molecule has 8 heteroatoms. The summed E-state index contributed by atoms with van der Waals surface area (Å²) in [6.07, 6.45) is 1.74. The highest BCUT2D eigenvalue weighted by molar-refractivity contribution is 5.77. The van der Waals surface area contributed by atoms with E-state index in [1.807, 2.05) is 54.6 Å². The summed E-state index contributed by atoms with van der Waals surface area (Å²) in [5.74, 6) is -0.292. The van der Waals surface area contributed by atoms with E-state index in [1.165, 1.54) is 6.07 Å². The number of carbonyl (C=O) groups is 1. The summed E-state index contributed by atoms with van der Waals surface area (Å²) in [5, 5.41) is 14.3. The Kier molecular flexibility index (Phi) is 7.19. The van der Waals surface area contributed by atoms with Crippen molar-refractivity contribution in [1.29, 1.82) is 0 Å². The number of nitrogens with zero attached hydrogens (tertiary/aromatic N) is 4.